The van der Waals surface area contributed by atoms with Gasteiger partial charge in [0.25, 0.3) is 0 Å². The van der Waals surface area contributed by atoms with Crippen molar-refractivity contribution < 1.29 is 4.79 Å². The van der Waals surface area contributed by atoms with E-state index in [2.05, 4.69) is 37.8 Å². The van der Waals surface area contributed by atoms with Gasteiger partial charge in [-0.1, -0.05) is 49.4 Å². The zero-order valence-corrected chi connectivity index (χ0v) is 11.6. The van der Waals surface area contributed by atoms with E-state index >= 15 is 0 Å². The Kier molecular flexibility index (Phi) is 3.30. The first kappa shape index (κ1) is 12.7. The SMILES string of the molecule is C=C1C[C@H]2CC(=O)[C@@H]([C@H](C)c3ccccc3)[C@@H](C1)C2. The molecule has 0 radical (unpaired) electrons. The average Bonchev–Trinajstić information content (AvgIpc) is 2.38. The number of fused-ring (bicyclic) bond motifs is 2. The van der Waals surface area contributed by atoms with E-state index in [1.54, 1.807) is 0 Å². The standard InChI is InChI=1S/C18H22O/c1-12-8-14-10-16(9-12)18(17(19)11-14)13(2)15-6-4-3-5-7-15/h3-7,13-14,16,18H,1,8-11H2,2H3/t13-,14-,16+,18+/m1/s1. The van der Waals surface area contributed by atoms with Crippen molar-refractivity contribution in [3.05, 3.63) is 48.0 Å². The molecule has 19 heavy (non-hydrogen) atoms. The molecule has 1 aromatic carbocycles. The maximum absolute atomic E-state index is 12.5. The van der Waals surface area contributed by atoms with Gasteiger partial charge in [0.05, 0.1) is 0 Å². The van der Waals surface area contributed by atoms with Gasteiger partial charge in [-0.25, -0.2) is 0 Å². The minimum Gasteiger partial charge on any atom is -0.299 e. The van der Waals surface area contributed by atoms with E-state index in [1.165, 1.54) is 17.6 Å². The number of hydrogen-bond acceptors (Lipinski definition) is 1. The third kappa shape index (κ3) is 2.39. The Hall–Kier alpha value is -1.37. The summed E-state index contributed by atoms with van der Waals surface area (Å²) in [4.78, 5) is 12.5. The zero-order chi connectivity index (χ0) is 13.4. The van der Waals surface area contributed by atoms with Crippen LogP contribution in [0.4, 0.5) is 0 Å². The highest BCUT2D eigenvalue weighted by atomic mass is 16.1. The van der Waals surface area contributed by atoms with Gasteiger partial charge < -0.3 is 0 Å². The summed E-state index contributed by atoms with van der Waals surface area (Å²) in [6.07, 6.45) is 4.14. The monoisotopic (exact) mass is 254 g/mol. The molecule has 2 aliphatic rings. The summed E-state index contributed by atoms with van der Waals surface area (Å²) in [5.41, 5.74) is 2.66. The number of hydrogen-bond donors (Lipinski definition) is 0. The quantitative estimate of drug-likeness (QED) is 0.717. The lowest BCUT2D eigenvalue weighted by Crippen LogP contribution is -2.39. The summed E-state index contributed by atoms with van der Waals surface area (Å²) < 4.78 is 0. The molecule has 0 heterocycles. The molecule has 0 aliphatic heterocycles. The molecule has 2 fully saturated rings. The van der Waals surface area contributed by atoms with E-state index in [0.717, 1.165) is 19.3 Å². The molecule has 1 nitrogen and oxygen atoms in total. The first-order valence-electron chi connectivity index (χ1n) is 7.39. The Labute approximate surface area is 115 Å². The van der Waals surface area contributed by atoms with Crippen molar-refractivity contribution in [1.29, 1.82) is 0 Å². The van der Waals surface area contributed by atoms with Crippen LogP contribution >= 0.6 is 0 Å². The Balaban J connectivity index is 1.86. The number of allylic oxidation sites excluding steroid dienone is 1. The third-order valence-electron chi connectivity index (χ3n) is 5.00. The van der Waals surface area contributed by atoms with Crippen LogP contribution in [-0.4, -0.2) is 5.78 Å². The van der Waals surface area contributed by atoms with Crippen LogP contribution in [0.25, 0.3) is 0 Å². The van der Waals surface area contributed by atoms with Crippen molar-refractivity contribution in [2.75, 3.05) is 0 Å². The molecule has 2 saturated carbocycles. The van der Waals surface area contributed by atoms with Crippen molar-refractivity contribution in [2.24, 2.45) is 17.8 Å². The van der Waals surface area contributed by atoms with E-state index in [1.807, 2.05) is 6.07 Å². The number of carbonyl (C=O) groups is 1. The van der Waals surface area contributed by atoms with Gasteiger partial charge in [0.1, 0.15) is 5.78 Å². The van der Waals surface area contributed by atoms with Gasteiger partial charge in [0.15, 0.2) is 0 Å². The van der Waals surface area contributed by atoms with Crippen molar-refractivity contribution in [1.82, 2.24) is 0 Å². The number of carbonyl (C=O) groups excluding carboxylic acids is 1. The minimum atomic E-state index is 0.204. The summed E-state index contributed by atoms with van der Waals surface area (Å²) >= 11 is 0. The van der Waals surface area contributed by atoms with Crippen LogP contribution in [-0.2, 0) is 4.79 Å². The van der Waals surface area contributed by atoms with Crippen LogP contribution in [0.2, 0.25) is 0 Å². The van der Waals surface area contributed by atoms with Crippen molar-refractivity contribution in [3.63, 3.8) is 0 Å². The van der Waals surface area contributed by atoms with Gasteiger partial charge in [-0.05, 0) is 42.6 Å². The van der Waals surface area contributed by atoms with E-state index in [-0.39, 0.29) is 5.92 Å². The van der Waals surface area contributed by atoms with Gasteiger partial charge >= 0.3 is 0 Å². The highest BCUT2D eigenvalue weighted by molar-refractivity contribution is 5.83. The molecule has 4 atom stereocenters. The fourth-order valence-electron chi connectivity index (χ4n) is 4.22. The first-order valence-corrected chi connectivity index (χ1v) is 7.39. The topological polar surface area (TPSA) is 17.1 Å². The smallest absolute Gasteiger partial charge is 0.137 e. The van der Waals surface area contributed by atoms with Gasteiger partial charge in [-0.15, -0.1) is 0 Å². The summed E-state index contributed by atoms with van der Waals surface area (Å²) in [5.74, 6) is 2.15. The summed E-state index contributed by atoms with van der Waals surface area (Å²) in [6.45, 7) is 6.39. The summed E-state index contributed by atoms with van der Waals surface area (Å²) in [6, 6.07) is 10.5. The lowest BCUT2D eigenvalue weighted by Gasteiger charge is -2.42. The molecule has 100 valence electrons. The second kappa shape index (κ2) is 4.96. The second-order valence-corrected chi connectivity index (χ2v) is 6.42. The Bertz CT molecular complexity index is 488. The predicted octanol–water partition coefficient (Wildman–Crippen LogP) is 4.35. The minimum absolute atomic E-state index is 0.204. The Morgan fingerprint density at radius 2 is 1.89 bits per heavy atom. The Morgan fingerprint density at radius 1 is 1.16 bits per heavy atom. The van der Waals surface area contributed by atoms with Crippen LogP contribution < -0.4 is 0 Å². The molecule has 3 rings (SSSR count). The van der Waals surface area contributed by atoms with E-state index in [0.29, 0.717) is 23.5 Å². The first-order chi connectivity index (χ1) is 9.15. The van der Waals surface area contributed by atoms with Crippen molar-refractivity contribution >= 4 is 5.78 Å². The number of Topliss-reactive ketones (excluding diaryl/α,β-unsaturated/α-hetero) is 1. The molecular weight excluding hydrogens is 232 g/mol. The van der Waals surface area contributed by atoms with Crippen molar-refractivity contribution in [2.45, 2.75) is 38.5 Å². The number of rotatable bonds is 2. The fourth-order valence-corrected chi connectivity index (χ4v) is 4.22. The summed E-state index contributed by atoms with van der Waals surface area (Å²) in [7, 11) is 0. The lowest BCUT2D eigenvalue weighted by atomic mass is 9.61. The van der Waals surface area contributed by atoms with Gasteiger partial charge in [0, 0.05) is 12.3 Å². The third-order valence-corrected chi connectivity index (χ3v) is 5.00. The molecule has 2 bridgehead atoms. The van der Waals surface area contributed by atoms with Crippen LogP contribution in [0, 0.1) is 17.8 Å². The van der Waals surface area contributed by atoms with Crippen molar-refractivity contribution in [3.8, 4) is 0 Å². The maximum atomic E-state index is 12.5. The van der Waals surface area contributed by atoms with Crippen LogP contribution in [0.1, 0.15) is 44.1 Å². The van der Waals surface area contributed by atoms with E-state index in [4.69, 9.17) is 0 Å². The molecule has 0 saturated heterocycles. The maximum Gasteiger partial charge on any atom is 0.137 e. The van der Waals surface area contributed by atoms with Gasteiger partial charge in [-0.3, -0.25) is 4.79 Å². The molecule has 0 unspecified atom stereocenters. The zero-order valence-electron chi connectivity index (χ0n) is 11.6. The van der Waals surface area contributed by atoms with E-state index in [9.17, 15) is 4.79 Å². The molecule has 1 heteroatoms. The second-order valence-electron chi connectivity index (χ2n) is 6.42. The summed E-state index contributed by atoms with van der Waals surface area (Å²) in [5, 5.41) is 0. The molecule has 0 spiro atoms. The number of benzene rings is 1. The molecule has 0 aromatic heterocycles. The highest BCUT2D eigenvalue weighted by Gasteiger charge is 2.42. The molecular formula is C18H22O. The fraction of sp³-hybridized carbons (Fsp3) is 0.500. The molecule has 1 aromatic rings. The molecule has 0 N–H and O–H groups in total. The van der Waals surface area contributed by atoms with Crippen LogP contribution in [0.5, 0.6) is 0 Å². The van der Waals surface area contributed by atoms with E-state index < -0.39 is 0 Å². The Morgan fingerprint density at radius 3 is 2.63 bits per heavy atom. The molecule has 0 amide bonds. The largest absolute Gasteiger partial charge is 0.299 e. The lowest BCUT2D eigenvalue weighted by molar-refractivity contribution is -0.130. The molecule has 2 aliphatic carbocycles. The predicted molar refractivity (Wildman–Crippen MR) is 77.9 cm³/mol. The van der Waals surface area contributed by atoms with Gasteiger partial charge in [0.2, 0.25) is 0 Å². The van der Waals surface area contributed by atoms with Crippen LogP contribution in [0.3, 0.4) is 0 Å². The van der Waals surface area contributed by atoms with Crippen LogP contribution in [0.15, 0.2) is 42.5 Å². The number of ketones is 1. The normalized spacial score (nSPS) is 32.2. The highest BCUT2D eigenvalue weighted by Crippen LogP contribution is 2.47. The van der Waals surface area contributed by atoms with Gasteiger partial charge in [-0.2, -0.15) is 0 Å². The average molecular weight is 254 g/mol.